The quantitative estimate of drug-likeness (QED) is 0.898. The predicted molar refractivity (Wildman–Crippen MR) is 92.3 cm³/mol. The van der Waals surface area contributed by atoms with Gasteiger partial charge in [0, 0.05) is 25.0 Å². The van der Waals surface area contributed by atoms with Crippen LogP contribution in [0.2, 0.25) is 0 Å². The first kappa shape index (κ1) is 16.4. The van der Waals surface area contributed by atoms with Gasteiger partial charge in [0.1, 0.15) is 10.9 Å². The molecule has 2 heterocycles. The van der Waals surface area contributed by atoms with Crippen LogP contribution in [0, 0.1) is 0 Å². The summed E-state index contributed by atoms with van der Waals surface area (Å²) in [6.07, 6.45) is 2.43. The van der Waals surface area contributed by atoms with Crippen LogP contribution in [-0.2, 0) is 16.4 Å². The van der Waals surface area contributed by atoms with Gasteiger partial charge in [-0.05, 0) is 36.2 Å². The maximum Gasteiger partial charge on any atom is 0.272 e. The fourth-order valence-corrected chi connectivity index (χ4v) is 3.91. The molecule has 1 aromatic carbocycles. The van der Waals surface area contributed by atoms with Crippen LogP contribution in [0.5, 0.6) is 0 Å². The number of anilines is 1. The number of sulfonamides is 1. The summed E-state index contributed by atoms with van der Waals surface area (Å²) < 4.78 is 27.2. The van der Waals surface area contributed by atoms with E-state index >= 15 is 0 Å². The van der Waals surface area contributed by atoms with E-state index in [0.29, 0.717) is 11.4 Å². The van der Waals surface area contributed by atoms with Gasteiger partial charge < -0.3 is 4.90 Å². The van der Waals surface area contributed by atoms with Crippen molar-refractivity contribution in [3.8, 4) is 0 Å². The number of para-hydroxylation sites is 1. The molecule has 1 aliphatic heterocycles. The maximum atomic E-state index is 12.4. The molecule has 0 atom stereocenters. The Hall–Kier alpha value is -2.41. The molecule has 126 valence electrons. The van der Waals surface area contributed by atoms with Crippen molar-refractivity contribution in [3.05, 3.63) is 59.9 Å². The standard InChI is InChI=1S/C17H19N3O3S/c1-2-13-8-9-18-16(10-13)17(21)20-11-15(12-20)24(22,23)19-14-6-4-3-5-7-14/h3-10,15,19H,2,11-12H2,1H3. The molecule has 2 aromatic rings. The molecular formula is C17H19N3O3S. The van der Waals surface area contributed by atoms with Gasteiger partial charge in [-0.25, -0.2) is 8.42 Å². The van der Waals surface area contributed by atoms with Gasteiger partial charge in [0.25, 0.3) is 5.91 Å². The molecule has 0 bridgehead atoms. The third kappa shape index (κ3) is 3.41. The highest BCUT2D eigenvalue weighted by molar-refractivity contribution is 7.93. The summed E-state index contributed by atoms with van der Waals surface area (Å²) in [6.45, 7) is 2.36. The molecule has 0 radical (unpaired) electrons. The second-order valence-electron chi connectivity index (χ2n) is 5.75. The van der Waals surface area contributed by atoms with E-state index in [9.17, 15) is 13.2 Å². The first-order chi connectivity index (χ1) is 11.5. The minimum atomic E-state index is -3.50. The van der Waals surface area contributed by atoms with Crippen molar-refractivity contribution < 1.29 is 13.2 Å². The Kier molecular flexibility index (Phi) is 4.53. The van der Waals surface area contributed by atoms with Crippen LogP contribution < -0.4 is 4.72 Å². The third-order valence-electron chi connectivity index (χ3n) is 4.06. The van der Waals surface area contributed by atoms with Gasteiger partial charge in [0.05, 0.1) is 0 Å². The van der Waals surface area contributed by atoms with Gasteiger partial charge in [0.15, 0.2) is 0 Å². The average molecular weight is 345 g/mol. The Morgan fingerprint density at radius 2 is 1.96 bits per heavy atom. The molecule has 24 heavy (non-hydrogen) atoms. The summed E-state index contributed by atoms with van der Waals surface area (Å²) in [6, 6.07) is 12.4. The van der Waals surface area contributed by atoms with E-state index in [1.165, 1.54) is 4.90 Å². The zero-order valence-electron chi connectivity index (χ0n) is 13.3. The Labute approximate surface area is 141 Å². The monoisotopic (exact) mass is 345 g/mol. The predicted octanol–water partition coefficient (Wildman–Crippen LogP) is 1.91. The molecule has 3 rings (SSSR count). The van der Waals surface area contributed by atoms with Crippen LogP contribution in [0.1, 0.15) is 23.0 Å². The van der Waals surface area contributed by atoms with E-state index in [4.69, 9.17) is 0 Å². The maximum absolute atomic E-state index is 12.4. The molecule has 1 aromatic heterocycles. The number of benzene rings is 1. The van der Waals surface area contributed by atoms with Crippen LogP contribution in [-0.4, -0.2) is 42.5 Å². The summed E-state index contributed by atoms with van der Waals surface area (Å²) in [5.41, 5.74) is 1.92. The number of rotatable bonds is 5. The largest absolute Gasteiger partial charge is 0.334 e. The van der Waals surface area contributed by atoms with E-state index in [0.717, 1.165) is 12.0 Å². The second kappa shape index (κ2) is 6.60. The molecule has 0 spiro atoms. The highest BCUT2D eigenvalue weighted by Crippen LogP contribution is 2.21. The van der Waals surface area contributed by atoms with E-state index in [-0.39, 0.29) is 19.0 Å². The van der Waals surface area contributed by atoms with Crippen LogP contribution in [0.25, 0.3) is 0 Å². The summed E-state index contributed by atoms with van der Waals surface area (Å²) in [7, 11) is -3.50. The lowest BCUT2D eigenvalue weighted by molar-refractivity contribution is 0.0653. The Morgan fingerprint density at radius 3 is 2.62 bits per heavy atom. The lowest BCUT2D eigenvalue weighted by atomic mass is 10.1. The van der Waals surface area contributed by atoms with Crippen LogP contribution in [0.15, 0.2) is 48.7 Å². The number of aryl methyl sites for hydroxylation is 1. The van der Waals surface area contributed by atoms with Gasteiger partial charge >= 0.3 is 0 Å². The number of hydrogen-bond donors (Lipinski definition) is 1. The minimum Gasteiger partial charge on any atom is -0.334 e. The number of amides is 1. The smallest absolute Gasteiger partial charge is 0.272 e. The molecular weight excluding hydrogens is 326 g/mol. The topological polar surface area (TPSA) is 79.4 Å². The number of likely N-dealkylation sites (tertiary alicyclic amines) is 1. The number of carbonyl (C=O) groups excluding carboxylic acids is 1. The molecule has 1 N–H and O–H groups in total. The van der Waals surface area contributed by atoms with Gasteiger partial charge in [0.2, 0.25) is 10.0 Å². The van der Waals surface area contributed by atoms with Crippen molar-refractivity contribution in [2.24, 2.45) is 0 Å². The lowest BCUT2D eigenvalue weighted by Gasteiger charge is -2.38. The average Bonchev–Trinajstić information content (AvgIpc) is 2.53. The summed E-state index contributed by atoms with van der Waals surface area (Å²) >= 11 is 0. The van der Waals surface area contributed by atoms with Crippen molar-refractivity contribution in [1.82, 2.24) is 9.88 Å². The number of hydrogen-bond acceptors (Lipinski definition) is 4. The molecule has 7 heteroatoms. The number of nitrogens with one attached hydrogen (secondary N) is 1. The number of carbonyl (C=O) groups is 1. The van der Waals surface area contributed by atoms with Gasteiger partial charge in [-0.3, -0.25) is 14.5 Å². The first-order valence-corrected chi connectivity index (χ1v) is 9.35. The summed E-state index contributed by atoms with van der Waals surface area (Å²) in [4.78, 5) is 18.0. The number of nitrogens with zero attached hydrogens (tertiary/aromatic N) is 2. The van der Waals surface area contributed by atoms with Crippen molar-refractivity contribution in [2.45, 2.75) is 18.6 Å². The molecule has 1 aliphatic rings. The molecule has 0 saturated carbocycles. The van der Waals surface area contributed by atoms with Crippen molar-refractivity contribution in [3.63, 3.8) is 0 Å². The van der Waals surface area contributed by atoms with E-state index < -0.39 is 15.3 Å². The molecule has 0 aliphatic carbocycles. The normalized spacial score (nSPS) is 15.0. The van der Waals surface area contributed by atoms with E-state index in [1.54, 1.807) is 36.5 Å². The minimum absolute atomic E-state index is 0.180. The Balaban J connectivity index is 1.63. The second-order valence-corrected chi connectivity index (χ2v) is 7.71. The van der Waals surface area contributed by atoms with E-state index in [1.807, 2.05) is 19.1 Å². The zero-order valence-corrected chi connectivity index (χ0v) is 14.2. The summed E-state index contributed by atoms with van der Waals surface area (Å²) in [5.74, 6) is -0.225. The fraction of sp³-hybridized carbons (Fsp3) is 0.294. The van der Waals surface area contributed by atoms with E-state index in [2.05, 4.69) is 9.71 Å². The Bertz CT molecular complexity index is 831. The number of aromatic nitrogens is 1. The van der Waals surface area contributed by atoms with Crippen molar-refractivity contribution >= 4 is 21.6 Å². The van der Waals surface area contributed by atoms with Gasteiger partial charge in [-0.2, -0.15) is 0 Å². The third-order valence-corrected chi connectivity index (χ3v) is 5.76. The van der Waals surface area contributed by atoms with Crippen LogP contribution in [0.3, 0.4) is 0 Å². The van der Waals surface area contributed by atoms with Crippen molar-refractivity contribution in [2.75, 3.05) is 17.8 Å². The SMILES string of the molecule is CCc1ccnc(C(=O)N2CC(S(=O)(=O)Nc3ccccc3)C2)c1. The lowest BCUT2D eigenvalue weighted by Crippen LogP contribution is -2.58. The molecule has 1 saturated heterocycles. The highest BCUT2D eigenvalue weighted by Gasteiger charge is 2.40. The van der Waals surface area contributed by atoms with Crippen LogP contribution >= 0.6 is 0 Å². The van der Waals surface area contributed by atoms with Crippen LogP contribution in [0.4, 0.5) is 5.69 Å². The molecule has 1 fully saturated rings. The Morgan fingerprint density at radius 1 is 1.25 bits per heavy atom. The zero-order chi connectivity index (χ0) is 17.2. The fourth-order valence-electron chi connectivity index (χ4n) is 2.53. The molecule has 6 nitrogen and oxygen atoms in total. The molecule has 1 amide bonds. The summed E-state index contributed by atoms with van der Waals surface area (Å²) in [5, 5.41) is -0.601. The van der Waals surface area contributed by atoms with Gasteiger partial charge in [-0.15, -0.1) is 0 Å². The molecule has 0 unspecified atom stereocenters. The highest BCUT2D eigenvalue weighted by atomic mass is 32.2. The van der Waals surface area contributed by atoms with Gasteiger partial charge in [-0.1, -0.05) is 25.1 Å². The van der Waals surface area contributed by atoms with Crippen molar-refractivity contribution in [1.29, 1.82) is 0 Å². The number of pyridine rings is 1. The first-order valence-electron chi connectivity index (χ1n) is 7.80.